The van der Waals surface area contributed by atoms with E-state index in [-0.39, 0.29) is 54.4 Å². The Hall–Kier alpha value is -1.47. The van der Waals surface area contributed by atoms with Crippen molar-refractivity contribution in [3.05, 3.63) is 0 Å². The molecule has 4 rings (SSSR count). The van der Waals surface area contributed by atoms with Gasteiger partial charge in [0.05, 0.1) is 24.0 Å². The smallest absolute Gasteiger partial charge is 0.242 e. The van der Waals surface area contributed by atoms with Gasteiger partial charge < -0.3 is 15.0 Å². The third kappa shape index (κ3) is 1.99. The summed E-state index contributed by atoms with van der Waals surface area (Å²) in [5.41, 5.74) is 0. The Bertz CT molecular complexity index is 509. The van der Waals surface area contributed by atoms with Crippen LogP contribution in [0.1, 0.15) is 19.8 Å². The van der Waals surface area contributed by atoms with E-state index in [9.17, 15) is 14.4 Å². The standard InChI is InChI=1S/C15H21N3O4/c1-8-6-17(5-4-16-8)11(19)7-18-14(20)12-9-2-3-10(22-9)13(12)15(18)21/h8-10,12-13,16H,2-7H2,1H3. The fraction of sp³-hybridized carbons (Fsp3) is 0.800. The number of hydrogen-bond acceptors (Lipinski definition) is 5. The lowest BCUT2D eigenvalue weighted by Crippen LogP contribution is -2.54. The Labute approximate surface area is 128 Å². The maximum Gasteiger partial charge on any atom is 0.242 e. The van der Waals surface area contributed by atoms with Crippen molar-refractivity contribution in [1.82, 2.24) is 15.1 Å². The molecule has 120 valence electrons. The van der Waals surface area contributed by atoms with Gasteiger partial charge in [-0.1, -0.05) is 0 Å². The van der Waals surface area contributed by atoms with Crippen LogP contribution in [0, 0.1) is 11.8 Å². The van der Waals surface area contributed by atoms with Crippen molar-refractivity contribution >= 4 is 17.7 Å². The van der Waals surface area contributed by atoms with Gasteiger partial charge >= 0.3 is 0 Å². The molecule has 22 heavy (non-hydrogen) atoms. The van der Waals surface area contributed by atoms with Gasteiger partial charge in [0.1, 0.15) is 6.54 Å². The van der Waals surface area contributed by atoms with E-state index < -0.39 is 0 Å². The van der Waals surface area contributed by atoms with Crippen molar-refractivity contribution in [3.63, 3.8) is 0 Å². The maximum absolute atomic E-state index is 12.5. The number of ether oxygens (including phenoxy) is 1. The lowest BCUT2D eigenvalue weighted by molar-refractivity contribution is -0.148. The number of hydrogen-bond donors (Lipinski definition) is 1. The molecule has 2 bridgehead atoms. The van der Waals surface area contributed by atoms with Crippen molar-refractivity contribution in [1.29, 1.82) is 0 Å². The molecule has 7 nitrogen and oxygen atoms in total. The summed E-state index contributed by atoms with van der Waals surface area (Å²) in [4.78, 5) is 40.3. The summed E-state index contributed by atoms with van der Waals surface area (Å²) in [6, 6.07) is 0.242. The Balaban J connectivity index is 1.46. The highest BCUT2D eigenvalue weighted by molar-refractivity contribution is 6.08. The second-order valence-corrected chi connectivity index (χ2v) is 6.80. The van der Waals surface area contributed by atoms with Crippen LogP contribution in [0.2, 0.25) is 0 Å². The molecule has 4 heterocycles. The molecule has 0 saturated carbocycles. The lowest BCUT2D eigenvalue weighted by Gasteiger charge is -2.32. The fourth-order valence-electron chi connectivity index (χ4n) is 4.32. The zero-order chi connectivity index (χ0) is 15.4. The van der Waals surface area contributed by atoms with Crippen LogP contribution in [0.3, 0.4) is 0 Å². The quantitative estimate of drug-likeness (QED) is 0.660. The number of nitrogens with one attached hydrogen (secondary N) is 1. The van der Waals surface area contributed by atoms with Crippen molar-refractivity contribution in [2.75, 3.05) is 26.2 Å². The normalized spacial score (nSPS) is 40.5. The molecule has 5 unspecified atom stereocenters. The number of imide groups is 1. The van der Waals surface area contributed by atoms with Crippen LogP contribution in [0.15, 0.2) is 0 Å². The van der Waals surface area contributed by atoms with E-state index in [1.807, 2.05) is 6.92 Å². The van der Waals surface area contributed by atoms with E-state index in [1.165, 1.54) is 4.90 Å². The van der Waals surface area contributed by atoms with Gasteiger partial charge in [0.2, 0.25) is 17.7 Å². The van der Waals surface area contributed by atoms with Crippen LogP contribution in [-0.2, 0) is 19.1 Å². The third-order valence-corrected chi connectivity index (χ3v) is 5.39. The van der Waals surface area contributed by atoms with E-state index in [4.69, 9.17) is 4.74 Å². The van der Waals surface area contributed by atoms with E-state index >= 15 is 0 Å². The molecular formula is C15H21N3O4. The van der Waals surface area contributed by atoms with E-state index in [2.05, 4.69) is 5.32 Å². The Morgan fingerprint density at radius 3 is 2.45 bits per heavy atom. The number of piperazine rings is 1. The summed E-state index contributed by atoms with van der Waals surface area (Å²) in [6.07, 6.45) is 1.46. The molecule has 4 fully saturated rings. The van der Waals surface area contributed by atoms with Gasteiger partial charge in [-0.05, 0) is 19.8 Å². The van der Waals surface area contributed by atoms with Gasteiger partial charge in [0.15, 0.2) is 0 Å². The predicted octanol–water partition coefficient (Wildman–Crippen LogP) is -1.03. The van der Waals surface area contributed by atoms with E-state index in [1.54, 1.807) is 4.90 Å². The molecule has 0 aliphatic carbocycles. The fourth-order valence-corrected chi connectivity index (χ4v) is 4.32. The largest absolute Gasteiger partial charge is 0.373 e. The van der Waals surface area contributed by atoms with Crippen molar-refractivity contribution in [3.8, 4) is 0 Å². The van der Waals surface area contributed by atoms with Gasteiger partial charge in [0, 0.05) is 25.7 Å². The van der Waals surface area contributed by atoms with Crippen molar-refractivity contribution in [2.24, 2.45) is 11.8 Å². The van der Waals surface area contributed by atoms with Gasteiger partial charge in [-0.15, -0.1) is 0 Å². The molecule has 4 aliphatic heterocycles. The SMILES string of the molecule is CC1CN(C(=O)CN2C(=O)C3C4CCC(O4)C3C2=O)CCN1. The summed E-state index contributed by atoms with van der Waals surface area (Å²) in [5.74, 6) is -1.25. The molecule has 0 aromatic carbocycles. The van der Waals surface area contributed by atoms with Crippen LogP contribution in [-0.4, -0.2) is 72.0 Å². The number of carbonyl (C=O) groups is 3. The topological polar surface area (TPSA) is 79.0 Å². The summed E-state index contributed by atoms with van der Waals surface area (Å²) < 4.78 is 5.69. The van der Waals surface area contributed by atoms with Crippen molar-refractivity contribution in [2.45, 2.75) is 38.0 Å². The summed E-state index contributed by atoms with van der Waals surface area (Å²) in [6.45, 7) is 3.90. The first-order chi connectivity index (χ1) is 10.6. The average molecular weight is 307 g/mol. The summed E-state index contributed by atoms with van der Waals surface area (Å²) in [7, 11) is 0. The molecule has 0 radical (unpaired) electrons. The van der Waals surface area contributed by atoms with E-state index in [0.29, 0.717) is 13.1 Å². The van der Waals surface area contributed by atoms with Crippen LogP contribution >= 0.6 is 0 Å². The minimum Gasteiger partial charge on any atom is -0.373 e. The first-order valence-corrected chi connectivity index (χ1v) is 8.08. The molecule has 4 aliphatic rings. The molecule has 0 spiro atoms. The Kier molecular flexibility index (Phi) is 3.23. The minimum atomic E-state index is -0.346. The molecular weight excluding hydrogens is 286 g/mol. The molecule has 1 N–H and O–H groups in total. The molecule has 4 saturated heterocycles. The molecule has 0 aromatic rings. The van der Waals surface area contributed by atoms with Crippen LogP contribution < -0.4 is 5.32 Å². The van der Waals surface area contributed by atoms with Gasteiger partial charge in [-0.3, -0.25) is 19.3 Å². The number of fused-ring (bicyclic) bond motifs is 5. The van der Waals surface area contributed by atoms with Gasteiger partial charge in [-0.2, -0.15) is 0 Å². The highest BCUT2D eigenvalue weighted by Crippen LogP contribution is 2.48. The Morgan fingerprint density at radius 1 is 1.23 bits per heavy atom. The lowest BCUT2D eigenvalue weighted by atomic mass is 9.81. The number of rotatable bonds is 2. The first-order valence-electron chi connectivity index (χ1n) is 8.08. The zero-order valence-electron chi connectivity index (χ0n) is 12.7. The number of carbonyl (C=O) groups excluding carboxylic acids is 3. The predicted molar refractivity (Wildman–Crippen MR) is 75.6 cm³/mol. The number of amides is 3. The van der Waals surface area contributed by atoms with Crippen LogP contribution in [0.4, 0.5) is 0 Å². The molecule has 0 aromatic heterocycles. The van der Waals surface area contributed by atoms with Gasteiger partial charge in [0.25, 0.3) is 0 Å². The first kappa shape index (κ1) is 14.1. The third-order valence-electron chi connectivity index (χ3n) is 5.39. The Morgan fingerprint density at radius 2 is 1.86 bits per heavy atom. The van der Waals surface area contributed by atoms with Crippen LogP contribution in [0.5, 0.6) is 0 Å². The molecule has 3 amide bonds. The van der Waals surface area contributed by atoms with Crippen LogP contribution in [0.25, 0.3) is 0 Å². The highest BCUT2D eigenvalue weighted by Gasteiger charge is 2.62. The summed E-state index contributed by atoms with van der Waals surface area (Å²) >= 11 is 0. The summed E-state index contributed by atoms with van der Waals surface area (Å²) in [5, 5.41) is 3.27. The second kappa shape index (κ2) is 5.03. The van der Waals surface area contributed by atoms with Crippen molar-refractivity contribution < 1.29 is 19.1 Å². The second-order valence-electron chi connectivity index (χ2n) is 6.80. The molecule has 7 heteroatoms. The zero-order valence-corrected chi connectivity index (χ0v) is 12.7. The minimum absolute atomic E-state index is 0.114. The number of nitrogens with zero attached hydrogens (tertiary/aromatic N) is 2. The highest BCUT2D eigenvalue weighted by atomic mass is 16.5. The number of likely N-dealkylation sites (tertiary alicyclic amines) is 1. The monoisotopic (exact) mass is 307 g/mol. The molecule has 5 atom stereocenters. The van der Waals surface area contributed by atoms with Gasteiger partial charge in [-0.25, -0.2) is 0 Å². The van der Waals surface area contributed by atoms with E-state index in [0.717, 1.165) is 19.4 Å². The average Bonchev–Trinajstić information content (AvgIpc) is 3.17. The maximum atomic E-state index is 12.5.